The van der Waals surface area contributed by atoms with Crippen molar-refractivity contribution in [3.05, 3.63) is 53.6 Å². The summed E-state index contributed by atoms with van der Waals surface area (Å²) in [7, 11) is 1.60. The van der Waals surface area contributed by atoms with Crippen molar-refractivity contribution in [3.63, 3.8) is 0 Å². The fourth-order valence-electron chi connectivity index (χ4n) is 2.44. The monoisotopic (exact) mass is 286 g/mol. The van der Waals surface area contributed by atoms with Crippen molar-refractivity contribution in [1.29, 1.82) is 0 Å². The second-order valence-electron chi connectivity index (χ2n) is 5.48. The van der Waals surface area contributed by atoms with Crippen molar-refractivity contribution in [2.24, 2.45) is 5.92 Å². The normalized spacial score (nSPS) is 17.8. The molecule has 21 heavy (non-hydrogen) atoms. The van der Waals surface area contributed by atoms with Gasteiger partial charge in [0.25, 0.3) is 0 Å². The maximum absolute atomic E-state index is 12.0. The second kappa shape index (κ2) is 7.11. The van der Waals surface area contributed by atoms with Crippen LogP contribution in [0, 0.1) is 5.92 Å². The number of esters is 1. The number of carbonyl (C=O) groups excluding carboxylic acids is 1. The molecule has 1 aromatic carbocycles. The molecule has 0 spiro atoms. The van der Waals surface area contributed by atoms with E-state index in [-0.39, 0.29) is 5.97 Å². The molecule has 0 saturated heterocycles. The zero-order valence-corrected chi connectivity index (χ0v) is 12.7. The largest absolute Gasteiger partial charge is 0.497 e. The van der Waals surface area contributed by atoms with Gasteiger partial charge in [-0.1, -0.05) is 18.2 Å². The van der Waals surface area contributed by atoms with Crippen LogP contribution >= 0.6 is 0 Å². The summed E-state index contributed by atoms with van der Waals surface area (Å²) in [6.07, 6.45) is 5.27. The molecule has 1 aromatic rings. The number of benzene rings is 1. The van der Waals surface area contributed by atoms with E-state index in [1.807, 2.05) is 0 Å². The minimum absolute atomic E-state index is 0.291. The van der Waals surface area contributed by atoms with Gasteiger partial charge in [0, 0.05) is 0 Å². The summed E-state index contributed by atoms with van der Waals surface area (Å²) in [5, 5.41) is 0. The summed E-state index contributed by atoms with van der Waals surface area (Å²) < 4.78 is 10.4. The Morgan fingerprint density at radius 2 is 2.05 bits per heavy atom. The van der Waals surface area contributed by atoms with Gasteiger partial charge in [0.1, 0.15) is 12.4 Å². The van der Waals surface area contributed by atoms with Crippen molar-refractivity contribution < 1.29 is 14.3 Å². The number of ether oxygens (including phenoxy) is 2. The van der Waals surface area contributed by atoms with Crippen molar-refractivity contribution in [2.45, 2.75) is 26.2 Å². The van der Waals surface area contributed by atoms with Crippen molar-refractivity contribution in [3.8, 4) is 5.75 Å². The highest BCUT2D eigenvalue weighted by Gasteiger charge is 2.16. The Hall–Kier alpha value is -2.03. The maximum atomic E-state index is 12.0. The molecular weight excluding hydrogens is 264 g/mol. The first kappa shape index (κ1) is 15.4. The third kappa shape index (κ3) is 4.22. The molecule has 1 aliphatic rings. The summed E-state index contributed by atoms with van der Waals surface area (Å²) in [5.74, 6) is 1.01. The predicted octanol–water partition coefficient (Wildman–Crippen LogP) is 4.15. The highest BCUT2D eigenvalue weighted by atomic mass is 16.5. The van der Waals surface area contributed by atoms with Crippen molar-refractivity contribution in [1.82, 2.24) is 0 Å². The first-order valence-corrected chi connectivity index (χ1v) is 7.24. The predicted molar refractivity (Wildman–Crippen MR) is 83.5 cm³/mol. The SMILES string of the molecule is C=C(C)[C@@H]1CC=C(COC(=O)c2ccc(OC)cc2)CC1. The lowest BCUT2D eigenvalue weighted by molar-refractivity contribution is 0.0535. The smallest absolute Gasteiger partial charge is 0.338 e. The van der Waals surface area contributed by atoms with Crippen LogP contribution in [0.15, 0.2) is 48.1 Å². The van der Waals surface area contributed by atoms with E-state index < -0.39 is 0 Å². The summed E-state index contributed by atoms with van der Waals surface area (Å²) in [6.45, 7) is 6.47. The van der Waals surface area contributed by atoms with E-state index in [9.17, 15) is 4.79 Å². The third-order valence-corrected chi connectivity index (χ3v) is 3.92. The Kier molecular flexibility index (Phi) is 5.20. The minimum Gasteiger partial charge on any atom is -0.497 e. The van der Waals surface area contributed by atoms with Crippen LogP contribution in [-0.4, -0.2) is 19.7 Å². The molecule has 112 valence electrons. The molecule has 2 rings (SSSR count). The molecule has 3 nitrogen and oxygen atoms in total. The maximum Gasteiger partial charge on any atom is 0.338 e. The van der Waals surface area contributed by atoms with Gasteiger partial charge >= 0.3 is 5.97 Å². The number of hydrogen-bond donors (Lipinski definition) is 0. The van der Waals surface area contributed by atoms with Crippen molar-refractivity contribution in [2.75, 3.05) is 13.7 Å². The summed E-state index contributed by atoms with van der Waals surface area (Å²) in [6, 6.07) is 6.95. The minimum atomic E-state index is -0.291. The van der Waals surface area contributed by atoms with Gasteiger partial charge in [-0.25, -0.2) is 4.79 Å². The molecule has 1 aliphatic carbocycles. The molecule has 0 aliphatic heterocycles. The average molecular weight is 286 g/mol. The van der Waals surface area contributed by atoms with Crippen LogP contribution < -0.4 is 4.74 Å². The Bertz CT molecular complexity index is 540. The Morgan fingerprint density at radius 1 is 1.33 bits per heavy atom. The third-order valence-electron chi connectivity index (χ3n) is 3.92. The summed E-state index contributed by atoms with van der Waals surface area (Å²) in [5.41, 5.74) is 2.99. The first-order valence-electron chi connectivity index (χ1n) is 7.24. The van der Waals surface area contributed by atoms with Gasteiger partial charge in [-0.15, -0.1) is 0 Å². The first-order chi connectivity index (χ1) is 10.1. The Labute approximate surface area is 126 Å². The lowest BCUT2D eigenvalue weighted by Gasteiger charge is -2.22. The van der Waals surface area contributed by atoms with Gasteiger partial charge in [-0.05, 0) is 61.9 Å². The van der Waals surface area contributed by atoms with Crippen LogP contribution in [0.3, 0.4) is 0 Å². The zero-order valence-electron chi connectivity index (χ0n) is 12.7. The second-order valence-corrected chi connectivity index (χ2v) is 5.48. The summed E-state index contributed by atoms with van der Waals surface area (Å²) in [4.78, 5) is 12.0. The van der Waals surface area contributed by atoms with E-state index >= 15 is 0 Å². The molecule has 0 fully saturated rings. The van der Waals surface area contributed by atoms with Gasteiger partial charge in [0.2, 0.25) is 0 Å². The highest BCUT2D eigenvalue weighted by Crippen LogP contribution is 2.28. The molecule has 0 N–H and O–H groups in total. The van der Waals surface area contributed by atoms with E-state index in [1.165, 1.54) is 11.1 Å². The Morgan fingerprint density at radius 3 is 2.57 bits per heavy atom. The van der Waals surface area contributed by atoms with Crippen molar-refractivity contribution >= 4 is 5.97 Å². The van der Waals surface area contributed by atoms with E-state index in [4.69, 9.17) is 9.47 Å². The van der Waals surface area contributed by atoms with Gasteiger partial charge in [-0.3, -0.25) is 0 Å². The standard InChI is InChI=1S/C18H22O3/c1-13(2)15-6-4-14(5-7-15)12-21-18(19)16-8-10-17(20-3)11-9-16/h4,8-11,15H,1,5-7,12H2,2-3H3/t15-/m1/s1. The molecule has 0 amide bonds. The molecule has 0 unspecified atom stereocenters. The van der Waals surface area contributed by atoms with Crippen LogP contribution in [0.5, 0.6) is 5.75 Å². The van der Waals surface area contributed by atoms with E-state index in [0.29, 0.717) is 18.1 Å². The van der Waals surface area contributed by atoms with Gasteiger partial charge in [0.05, 0.1) is 12.7 Å². The lowest BCUT2D eigenvalue weighted by atomic mass is 9.86. The van der Waals surface area contributed by atoms with E-state index in [0.717, 1.165) is 25.0 Å². The van der Waals surface area contributed by atoms with Crippen LogP contribution in [-0.2, 0) is 4.74 Å². The fourth-order valence-corrected chi connectivity index (χ4v) is 2.44. The van der Waals surface area contributed by atoms with Gasteiger partial charge < -0.3 is 9.47 Å². The quantitative estimate of drug-likeness (QED) is 0.602. The van der Waals surface area contributed by atoms with Crippen LogP contribution in [0.1, 0.15) is 36.5 Å². The van der Waals surface area contributed by atoms with Gasteiger partial charge in [0.15, 0.2) is 0 Å². The molecule has 3 heteroatoms. The van der Waals surface area contributed by atoms with E-state index in [1.54, 1.807) is 31.4 Å². The molecule has 0 radical (unpaired) electrons. The van der Waals surface area contributed by atoms with Crippen LogP contribution in [0.4, 0.5) is 0 Å². The number of allylic oxidation sites excluding steroid dienone is 2. The zero-order chi connectivity index (χ0) is 15.2. The number of rotatable bonds is 5. The summed E-state index contributed by atoms with van der Waals surface area (Å²) >= 11 is 0. The molecule has 0 bridgehead atoms. The average Bonchev–Trinajstić information content (AvgIpc) is 2.53. The number of carbonyl (C=O) groups is 1. The van der Waals surface area contributed by atoms with Crippen LogP contribution in [0.2, 0.25) is 0 Å². The molecular formula is C18H22O3. The highest BCUT2D eigenvalue weighted by molar-refractivity contribution is 5.89. The Balaban J connectivity index is 1.85. The molecule has 0 aromatic heterocycles. The molecule has 0 saturated carbocycles. The number of hydrogen-bond acceptors (Lipinski definition) is 3. The van der Waals surface area contributed by atoms with Gasteiger partial charge in [-0.2, -0.15) is 0 Å². The fraction of sp³-hybridized carbons (Fsp3) is 0.389. The number of methoxy groups -OCH3 is 1. The molecule has 0 heterocycles. The topological polar surface area (TPSA) is 35.5 Å². The van der Waals surface area contributed by atoms with E-state index in [2.05, 4.69) is 19.6 Å². The van der Waals surface area contributed by atoms with Crippen LogP contribution in [0.25, 0.3) is 0 Å². The molecule has 1 atom stereocenters. The lowest BCUT2D eigenvalue weighted by Crippen LogP contribution is -2.12.